The van der Waals surface area contributed by atoms with Crippen LogP contribution in [0.5, 0.6) is 0 Å². The average Bonchev–Trinajstić information content (AvgIpc) is 2.96. The van der Waals surface area contributed by atoms with Gasteiger partial charge < -0.3 is 9.64 Å². The van der Waals surface area contributed by atoms with Gasteiger partial charge in [-0.2, -0.15) is 0 Å². The van der Waals surface area contributed by atoms with Crippen LogP contribution in [0.4, 0.5) is 0 Å². The number of hydrogen-bond donors (Lipinski definition) is 0. The van der Waals surface area contributed by atoms with Gasteiger partial charge in [-0.25, -0.2) is 0 Å². The number of likely N-dealkylation sites (tertiary alicyclic amines) is 1. The highest BCUT2D eigenvalue weighted by Gasteiger charge is 2.38. The Balaban J connectivity index is 1.75. The summed E-state index contributed by atoms with van der Waals surface area (Å²) in [6.45, 7) is 4.62. The van der Waals surface area contributed by atoms with Gasteiger partial charge in [-0.05, 0) is 49.2 Å². The number of carbonyl (C=O) groups excluding carboxylic acids is 1. The molecule has 2 atom stereocenters. The first kappa shape index (κ1) is 10.9. The minimum Gasteiger partial charge on any atom is -0.494 e. The van der Waals surface area contributed by atoms with Crippen LogP contribution in [-0.4, -0.2) is 31.0 Å². The molecule has 3 nitrogen and oxygen atoms in total. The lowest BCUT2D eigenvalue weighted by molar-refractivity contribution is -0.117. The Labute approximate surface area is 102 Å². The van der Waals surface area contributed by atoms with Gasteiger partial charge in [-0.1, -0.05) is 6.08 Å². The molecule has 0 aromatic heterocycles. The molecule has 2 aliphatic carbocycles. The van der Waals surface area contributed by atoms with Crippen molar-refractivity contribution in [3.63, 3.8) is 0 Å². The number of carbonyl (C=O) groups is 1. The maximum atomic E-state index is 10.7. The summed E-state index contributed by atoms with van der Waals surface area (Å²) in [5, 5.41) is 0. The van der Waals surface area contributed by atoms with Crippen molar-refractivity contribution in [3.05, 3.63) is 23.0 Å². The molecular weight excluding hydrogens is 214 g/mol. The van der Waals surface area contributed by atoms with Gasteiger partial charge in [0, 0.05) is 13.1 Å². The van der Waals surface area contributed by atoms with Crippen molar-refractivity contribution >= 4 is 6.41 Å². The Bertz CT molecular complexity index is 391. The Morgan fingerprint density at radius 1 is 1.53 bits per heavy atom. The molecule has 2 unspecified atom stereocenters. The topological polar surface area (TPSA) is 29.5 Å². The molecule has 1 saturated heterocycles. The van der Waals surface area contributed by atoms with Crippen molar-refractivity contribution < 1.29 is 9.53 Å². The van der Waals surface area contributed by atoms with E-state index in [0.717, 1.165) is 32.5 Å². The first-order valence-corrected chi connectivity index (χ1v) is 6.57. The smallest absolute Gasteiger partial charge is 0.209 e. The molecule has 92 valence electrons. The normalized spacial score (nSPS) is 30.1. The van der Waals surface area contributed by atoms with E-state index in [1.165, 1.54) is 29.7 Å². The molecule has 3 aliphatic rings. The fourth-order valence-corrected chi connectivity index (χ4v) is 3.05. The van der Waals surface area contributed by atoms with E-state index < -0.39 is 0 Å². The predicted octanol–water partition coefficient (Wildman–Crippen LogP) is 2.11. The fourth-order valence-electron chi connectivity index (χ4n) is 3.05. The maximum absolute atomic E-state index is 10.7. The van der Waals surface area contributed by atoms with E-state index in [4.69, 9.17) is 4.74 Å². The largest absolute Gasteiger partial charge is 0.494 e. The molecule has 17 heavy (non-hydrogen) atoms. The van der Waals surface area contributed by atoms with Crippen LogP contribution in [0, 0.1) is 11.8 Å². The van der Waals surface area contributed by atoms with Gasteiger partial charge in [0.2, 0.25) is 6.41 Å². The molecule has 3 rings (SSSR count). The van der Waals surface area contributed by atoms with Gasteiger partial charge in [0.15, 0.2) is 0 Å². The summed E-state index contributed by atoms with van der Waals surface area (Å²) in [6.07, 6.45) is 6.85. The zero-order valence-corrected chi connectivity index (χ0v) is 10.3. The fraction of sp³-hybridized carbons (Fsp3) is 0.643. The van der Waals surface area contributed by atoms with Gasteiger partial charge in [-0.15, -0.1) is 0 Å². The van der Waals surface area contributed by atoms with Gasteiger partial charge >= 0.3 is 0 Å². The van der Waals surface area contributed by atoms with Crippen LogP contribution in [0.1, 0.15) is 26.2 Å². The summed E-state index contributed by atoms with van der Waals surface area (Å²) in [5.74, 6) is 2.37. The molecule has 1 amide bonds. The van der Waals surface area contributed by atoms with Gasteiger partial charge in [-0.3, -0.25) is 4.79 Å². The quantitative estimate of drug-likeness (QED) is 0.550. The van der Waals surface area contributed by atoms with Crippen molar-refractivity contribution in [3.8, 4) is 0 Å². The van der Waals surface area contributed by atoms with Crippen LogP contribution in [0.25, 0.3) is 0 Å². The van der Waals surface area contributed by atoms with Gasteiger partial charge in [0.05, 0.1) is 6.61 Å². The van der Waals surface area contributed by atoms with E-state index in [0.29, 0.717) is 11.8 Å². The second-order valence-corrected chi connectivity index (χ2v) is 5.24. The van der Waals surface area contributed by atoms with Crippen LogP contribution in [0.3, 0.4) is 0 Å². The summed E-state index contributed by atoms with van der Waals surface area (Å²) in [7, 11) is 0. The summed E-state index contributed by atoms with van der Waals surface area (Å²) in [5.41, 5.74) is 2.89. The zero-order chi connectivity index (χ0) is 11.8. The standard InChI is InChI=1S/C14H19NO2/c1-2-17-14(10-3-4-10)11-5-12-7-15(9-16)8-13(12)6-11/h5,9,12-13H,2-4,6-8H2,1H3. The lowest BCUT2D eigenvalue weighted by Crippen LogP contribution is -2.19. The minimum atomic E-state index is 0.560. The minimum absolute atomic E-state index is 0.560. The second kappa shape index (κ2) is 4.21. The SMILES string of the molecule is CCOC(C1=CC2CN(C=O)CC2C1)=C1CC1. The number of amides is 1. The number of nitrogens with zero attached hydrogens (tertiary/aromatic N) is 1. The Morgan fingerprint density at radius 2 is 2.35 bits per heavy atom. The highest BCUT2D eigenvalue weighted by molar-refractivity contribution is 5.49. The van der Waals surface area contributed by atoms with E-state index in [1.807, 2.05) is 11.8 Å². The summed E-state index contributed by atoms with van der Waals surface area (Å²) < 4.78 is 5.80. The van der Waals surface area contributed by atoms with E-state index >= 15 is 0 Å². The van der Waals surface area contributed by atoms with Crippen LogP contribution >= 0.6 is 0 Å². The molecule has 1 heterocycles. The van der Waals surface area contributed by atoms with E-state index in [1.54, 1.807) is 0 Å². The number of ether oxygens (including phenoxy) is 1. The van der Waals surface area contributed by atoms with Crippen molar-refractivity contribution in [1.82, 2.24) is 4.90 Å². The highest BCUT2D eigenvalue weighted by atomic mass is 16.5. The molecule has 2 fully saturated rings. The summed E-state index contributed by atoms with van der Waals surface area (Å²) in [4.78, 5) is 12.6. The highest BCUT2D eigenvalue weighted by Crippen LogP contribution is 2.43. The molecule has 0 N–H and O–H groups in total. The lowest BCUT2D eigenvalue weighted by Gasteiger charge is -2.13. The molecule has 0 spiro atoms. The Hall–Kier alpha value is -1.25. The zero-order valence-electron chi connectivity index (χ0n) is 10.3. The van der Waals surface area contributed by atoms with Gasteiger partial charge in [0.1, 0.15) is 5.76 Å². The first-order chi connectivity index (χ1) is 8.31. The van der Waals surface area contributed by atoms with Crippen molar-refractivity contribution in [2.75, 3.05) is 19.7 Å². The van der Waals surface area contributed by atoms with Crippen molar-refractivity contribution in [2.24, 2.45) is 11.8 Å². The third-order valence-electron chi connectivity index (χ3n) is 3.97. The molecule has 0 aromatic carbocycles. The summed E-state index contributed by atoms with van der Waals surface area (Å²) >= 11 is 0. The van der Waals surface area contributed by atoms with Crippen LogP contribution in [0.2, 0.25) is 0 Å². The van der Waals surface area contributed by atoms with E-state index in [9.17, 15) is 4.79 Å². The number of rotatable bonds is 4. The molecule has 0 aromatic rings. The van der Waals surface area contributed by atoms with Crippen LogP contribution < -0.4 is 0 Å². The maximum Gasteiger partial charge on any atom is 0.209 e. The Morgan fingerprint density at radius 3 is 2.94 bits per heavy atom. The van der Waals surface area contributed by atoms with Crippen molar-refractivity contribution in [1.29, 1.82) is 0 Å². The van der Waals surface area contributed by atoms with E-state index in [-0.39, 0.29) is 0 Å². The first-order valence-electron chi connectivity index (χ1n) is 6.57. The van der Waals surface area contributed by atoms with Gasteiger partial charge in [0.25, 0.3) is 0 Å². The van der Waals surface area contributed by atoms with Crippen molar-refractivity contribution in [2.45, 2.75) is 26.2 Å². The third kappa shape index (κ3) is 1.99. The van der Waals surface area contributed by atoms with Crippen LogP contribution in [-0.2, 0) is 9.53 Å². The lowest BCUT2D eigenvalue weighted by atomic mass is 9.99. The Kier molecular flexibility index (Phi) is 2.69. The van der Waals surface area contributed by atoms with Crippen LogP contribution in [0.15, 0.2) is 23.0 Å². The molecule has 1 aliphatic heterocycles. The number of fused-ring (bicyclic) bond motifs is 1. The molecule has 3 heteroatoms. The third-order valence-corrected chi connectivity index (χ3v) is 3.97. The number of allylic oxidation sites excluding steroid dienone is 2. The molecular formula is C14H19NO2. The molecule has 1 saturated carbocycles. The molecule has 0 bridgehead atoms. The monoisotopic (exact) mass is 233 g/mol. The average molecular weight is 233 g/mol. The second-order valence-electron chi connectivity index (χ2n) is 5.24. The summed E-state index contributed by atoms with van der Waals surface area (Å²) in [6, 6.07) is 0. The number of hydrogen-bond acceptors (Lipinski definition) is 2. The van der Waals surface area contributed by atoms with E-state index in [2.05, 4.69) is 6.08 Å². The predicted molar refractivity (Wildman–Crippen MR) is 65.2 cm³/mol. The molecule has 0 radical (unpaired) electrons.